The van der Waals surface area contributed by atoms with Gasteiger partial charge < -0.3 is 10.5 Å². The van der Waals surface area contributed by atoms with Crippen LogP contribution in [-0.2, 0) is 0 Å². The van der Waals surface area contributed by atoms with Gasteiger partial charge >= 0.3 is 0 Å². The van der Waals surface area contributed by atoms with Crippen molar-refractivity contribution in [1.82, 2.24) is 0 Å². The SMILES string of the molecule is NC(=O)c1cccc(Oc2ccc(C=O)cc2)c1. The molecule has 0 spiro atoms. The molecule has 2 N–H and O–H groups in total. The summed E-state index contributed by atoms with van der Waals surface area (Å²) in [6.45, 7) is 0. The quantitative estimate of drug-likeness (QED) is 0.835. The zero-order chi connectivity index (χ0) is 13.0. The van der Waals surface area contributed by atoms with Gasteiger partial charge in [0.2, 0.25) is 5.91 Å². The van der Waals surface area contributed by atoms with Gasteiger partial charge in [0.15, 0.2) is 0 Å². The Kier molecular flexibility index (Phi) is 3.38. The highest BCUT2D eigenvalue weighted by molar-refractivity contribution is 5.93. The number of benzene rings is 2. The highest BCUT2D eigenvalue weighted by Gasteiger charge is 2.03. The number of rotatable bonds is 4. The van der Waals surface area contributed by atoms with Crippen LogP contribution in [0.2, 0.25) is 0 Å². The van der Waals surface area contributed by atoms with Crippen LogP contribution in [0.15, 0.2) is 48.5 Å². The minimum Gasteiger partial charge on any atom is -0.457 e. The maximum absolute atomic E-state index is 11.0. The largest absolute Gasteiger partial charge is 0.457 e. The van der Waals surface area contributed by atoms with Crippen LogP contribution < -0.4 is 10.5 Å². The molecule has 2 aromatic rings. The Morgan fingerprint density at radius 3 is 2.39 bits per heavy atom. The second-order valence-electron chi connectivity index (χ2n) is 3.68. The van der Waals surface area contributed by atoms with E-state index in [1.54, 1.807) is 48.5 Å². The van der Waals surface area contributed by atoms with E-state index < -0.39 is 5.91 Å². The lowest BCUT2D eigenvalue weighted by Gasteiger charge is -2.06. The third-order valence-corrected chi connectivity index (χ3v) is 2.37. The van der Waals surface area contributed by atoms with Crippen LogP contribution >= 0.6 is 0 Å². The molecule has 0 fully saturated rings. The predicted octanol–water partition coefficient (Wildman–Crippen LogP) is 2.39. The fourth-order valence-electron chi connectivity index (χ4n) is 1.46. The lowest BCUT2D eigenvalue weighted by Crippen LogP contribution is -2.10. The molecule has 0 heterocycles. The minimum absolute atomic E-state index is 0.386. The molecular weight excluding hydrogens is 230 g/mol. The standard InChI is InChI=1S/C14H11NO3/c15-14(17)11-2-1-3-13(8-11)18-12-6-4-10(9-16)5-7-12/h1-9H,(H2,15,17). The lowest BCUT2D eigenvalue weighted by molar-refractivity contribution is 0.0999. The van der Waals surface area contributed by atoms with E-state index in [1.165, 1.54) is 0 Å². The highest BCUT2D eigenvalue weighted by Crippen LogP contribution is 2.22. The van der Waals surface area contributed by atoms with Gasteiger partial charge in [-0.3, -0.25) is 9.59 Å². The molecule has 2 aromatic carbocycles. The van der Waals surface area contributed by atoms with Gasteiger partial charge in [-0.2, -0.15) is 0 Å². The van der Waals surface area contributed by atoms with Crippen molar-refractivity contribution in [3.8, 4) is 11.5 Å². The number of aldehydes is 1. The summed E-state index contributed by atoms with van der Waals surface area (Å²) in [6, 6.07) is 13.3. The van der Waals surface area contributed by atoms with Crippen molar-refractivity contribution < 1.29 is 14.3 Å². The van der Waals surface area contributed by atoms with Crippen molar-refractivity contribution >= 4 is 12.2 Å². The molecule has 0 unspecified atom stereocenters. The normalized spacial score (nSPS) is 9.78. The van der Waals surface area contributed by atoms with Gasteiger partial charge in [0.25, 0.3) is 0 Å². The van der Waals surface area contributed by atoms with E-state index in [0.29, 0.717) is 22.6 Å². The number of hydrogen-bond acceptors (Lipinski definition) is 3. The van der Waals surface area contributed by atoms with Gasteiger partial charge in [-0.05, 0) is 42.5 Å². The molecule has 0 saturated carbocycles. The topological polar surface area (TPSA) is 69.4 Å². The summed E-state index contributed by atoms with van der Waals surface area (Å²) in [5, 5.41) is 0. The van der Waals surface area contributed by atoms with Gasteiger partial charge in [-0.1, -0.05) is 6.07 Å². The molecule has 0 aliphatic heterocycles. The molecule has 4 nitrogen and oxygen atoms in total. The van der Waals surface area contributed by atoms with E-state index in [9.17, 15) is 9.59 Å². The molecule has 2 rings (SSSR count). The average molecular weight is 241 g/mol. The van der Waals surface area contributed by atoms with Crippen LogP contribution in [0, 0.1) is 0 Å². The van der Waals surface area contributed by atoms with Crippen molar-refractivity contribution in [2.45, 2.75) is 0 Å². The molecule has 0 saturated heterocycles. The van der Waals surface area contributed by atoms with Crippen molar-refractivity contribution in [3.05, 3.63) is 59.7 Å². The molecular formula is C14H11NO3. The Labute approximate surface area is 104 Å². The summed E-state index contributed by atoms with van der Waals surface area (Å²) in [6.07, 6.45) is 0.761. The Hall–Kier alpha value is -2.62. The zero-order valence-electron chi connectivity index (χ0n) is 9.50. The fraction of sp³-hybridized carbons (Fsp3) is 0. The molecule has 0 aliphatic rings. The first-order valence-corrected chi connectivity index (χ1v) is 5.32. The first-order valence-electron chi connectivity index (χ1n) is 5.32. The van der Waals surface area contributed by atoms with E-state index in [4.69, 9.17) is 10.5 Å². The van der Waals surface area contributed by atoms with Gasteiger partial charge in [0.1, 0.15) is 17.8 Å². The van der Waals surface area contributed by atoms with Crippen molar-refractivity contribution in [3.63, 3.8) is 0 Å². The third-order valence-electron chi connectivity index (χ3n) is 2.37. The van der Waals surface area contributed by atoms with E-state index in [1.807, 2.05) is 0 Å². The summed E-state index contributed by atoms with van der Waals surface area (Å²) in [7, 11) is 0. The second-order valence-corrected chi connectivity index (χ2v) is 3.68. The lowest BCUT2D eigenvalue weighted by atomic mass is 10.2. The molecule has 0 radical (unpaired) electrons. The van der Waals surface area contributed by atoms with Crippen molar-refractivity contribution in [2.24, 2.45) is 5.73 Å². The number of amides is 1. The van der Waals surface area contributed by atoms with Crippen LogP contribution in [0.25, 0.3) is 0 Å². The number of ether oxygens (including phenoxy) is 1. The summed E-state index contributed by atoms with van der Waals surface area (Å²) >= 11 is 0. The summed E-state index contributed by atoms with van der Waals surface area (Å²) in [5.74, 6) is 0.601. The molecule has 4 heteroatoms. The van der Waals surface area contributed by atoms with E-state index in [-0.39, 0.29) is 0 Å². The minimum atomic E-state index is -0.503. The van der Waals surface area contributed by atoms with Crippen molar-refractivity contribution in [1.29, 1.82) is 0 Å². The first-order chi connectivity index (χ1) is 8.69. The van der Waals surface area contributed by atoms with Crippen LogP contribution in [0.1, 0.15) is 20.7 Å². The van der Waals surface area contributed by atoms with Crippen LogP contribution in [0.5, 0.6) is 11.5 Å². The van der Waals surface area contributed by atoms with Crippen LogP contribution in [0.4, 0.5) is 0 Å². The van der Waals surface area contributed by atoms with Gasteiger partial charge in [0, 0.05) is 11.1 Å². The van der Waals surface area contributed by atoms with Gasteiger partial charge in [0.05, 0.1) is 0 Å². The zero-order valence-corrected chi connectivity index (χ0v) is 9.50. The number of carbonyl (C=O) groups is 2. The van der Waals surface area contributed by atoms with E-state index >= 15 is 0 Å². The van der Waals surface area contributed by atoms with E-state index in [2.05, 4.69) is 0 Å². The third kappa shape index (κ3) is 2.74. The molecule has 1 amide bonds. The Morgan fingerprint density at radius 2 is 1.78 bits per heavy atom. The highest BCUT2D eigenvalue weighted by atomic mass is 16.5. The molecule has 0 bridgehead atoms. The monoisotopic (exact) mass is 241 g/mol. The van der Waals surface area contributed by atoms with Gasteiger partial charge in [-0.25, -0.2) is 0 Å². The average Bonchev–Trinajstić information content (AvgIpc) is 2.40. The molecule has 0 aliphatic carbocycles. The second kappa shape index (κ2) is 5.14. The maximum Gasteiger partial charge on any atom is 0.248 e. The maximum atomic E-state index is 11.0. The van der Waals surface area contributed by atoms with Crippen molar-refractivity contribution in [2.75, 3.05) is 0 Å². The Morgan fingerprint density at radius 1 is 1.06 bits per heavy atom. The molecule has 18 heavy (non-hydrogen) atoms. The van der Waals surface area contributed by atoms with E-state index in [0.717, 1.165) is 6.29 Å². The van der Waals surface area contributed by atoms with Gasteiger partial charge in [-0.15, -0.1) is 0 Å². The Balaban J connectivity index is 2.19. The molecule has 90 valence electrons. The first kappa shape index (κ1) is 11.9. The predicted molar refractivity (Wildman–Crippen MR) is 66.9 cm³/mol. The molecule has 0 aromatic heterocycles. The fourth-order valence-corrected chi connectivity index (χ4v) is 1.46. The van der Waals surface area contributed by atoms with Crippen LogP contribution in [0.3, 0.4) is 0 Å². The number of primary amides is 1. The number of carbonyl (C=O) groups excluding carboxylic acids is 2. The Bertz CT molecular complexity index is 576. The smallest absolute Gasteiger partial charge is 0.248 e. The number of nitrogens with two attached hydrogens (primary N) is 1. The summed E-state index contributed by atoms with van der Waals surface area (Å²) in [5.41, 5.74) is 6.14. The summed E-state index contributed by atoms with van der Waals surface area (Å²) in [4.78, 5) is 21.5. The number of hydrogen-bond donors (Lipinski definition) is 1. The molecule has 0 atom stereocenters. The summed E-state index contributed by atoms with van der Waals surface area (Å²) < 4.78 is 5.54. The van der Waals surface area contributed by atoms with Crippen LogP contribution in [-0.4, -0.2) is 12.2 Å².